The van der Waals surface area contributed by atoms with E-state index < -0.39 is 0 Å². The van der Waals surface area contributed by atoms with Gasteiger partial charge in [0.1, 0.15) is 5.82 Å². The first-order valence-electron chi connectivity index (χ1n) is 7.77. The Morgan fingerprint density at radius 1 is 1.27 bits per heavy atom. The van der Waals surface area contributed by atoms with Gasteiger partial charge in [-0.05, 0) is 25.3 Å². The van der Waals surface area contributed by atoms with E-state index in [1.165, 1.54) is 6.07 Å². The molecule has 22 heavy (non-hydrogen) atoms. The number of amides is 2. The number of nitrogens with one attached hydrogen (secondary N) is 1. The fraction of sp³-hybridized carbons (Fsp3) is 0.562. The number of rotatable bonds is 3. The minimum Gasteiger partial charge on any atom is -0.348 e. The SMILES string of the molecule is O=C(NCc1ccccc1F)N1CCCC[C@H]1C1OCCO1. The lowest BCUT2D eigenvalue weighted by Crippen LogP contribution is -2.53. The molecular formula is C16H21FN2O3. The predicted octanol–water partition coefficient (Wildman–Crippen LogP) is 2.26. The van der Waals surface area contributed by atoms with E-state index in [9.17, 15) is 9.18 Å². The summed E-state index contributed by atoms with van der Waals surface area (Å²) in [6, 6.07) is 6.21. The molecule has 2 fully saturated rings. The summed E-state index contributed by atoms with van der Waals surface area (Å²) in [6.07, 6.45) is 2.57. The van der Waals surface area contributed by atoms with Crippen molar-refractivity contribution in [3.05, 3.63) is 35.6 Å². The third kappa shape index (κ3) is 3.39. The average molecular weight is 308 g/mol. The summed E-state index contributed by atoms with van der Waals surface area (Å²) in [5.74, 6) is -0.305. The monoisotopic (exact) mass is 308 g/mol. The van der Waals surface area contributed by atoms with Crippen molar-refractivity contribution in [3.63, 3.8) is 0 Å². The van der Waals surface area contributed by atoms with Crippen LogP contribution >= 0.6 is 0 Å². The summed E-state index contributed by atoms with van der Waals surface area (Å²) in [7, 11) is 0. The standard InChI is InChI=1S/C16H21FN2O3/c17-13-6-2-1-5-12(13)11-18-16(20)19-8-4-3-7-14(19)15-21-9-10-22-15/h1-2,5-6,14-15H,3-4,7-11H2,(H,18,20)/t14-/m0/s1. The van der Waals surface area contributed by atoms with Crippen LogP contribution in [0.3, 0.4) is 0 Å². The molecule has 2 amide bonds. The predicted molar refractivity (Wildman–Crippen MR) is 78.7 cm³/mol. The minimum absolute atomic E-state index is 0.0585. The van der Waals surface area contributed by atoms with Gasteiger partial charge in [0.25, 0.3) is 0 Å². The molecule has 6 heteroatoms. The Bertz CT molecular complexity index is 520. The van der Waals surface area contributed by atoms with E-state index in [0.717, 1.165) is 19.3 Å². The minimum atomic E-state index is -0.334. The van der Waals surface area contributed by atoms with E-state index in [2.05, 4.69) is 5.32 Å². The first-order chi connectivity index (χ1) is 10.8. The van der Waals surface area contributed by atoms with Gasteiger partial charge in [0.05, 0.1) is 19.3 Å². The number of hydrogen-bond acceptors (Lipinski definition) is 3. The number of likely N-dealkylation sites (tertiary alicyclic amines) is 1. The van der Waals surface area contributed by atoms with Crippen molar-refractivity contribution < 1.29 is 18.7 Å². The highest BCUT2D eigenvalue weighted by Gasteiger charge is 2.36. The molecule has 120 valence electrons. The van der Waals surface area contributed by atoms with Crippen molar-refractivity contribution in [2.45, 2.75) is 38.1 Å². The molecule has 3 rings (SSSR count). The molecule has 2 saturated heterocycles. The Kier molecular flexibility index (Phi) is 4.90. The molecule has 0 radical (unpaired) electrons. The number of carbonyl (C=O) groups is 1. The van der Waals surface area contributed by atoms with Gasteiger partial charge < -0.3 is 19.7 Å². The molecule has 0 aliphatic carbocycles. The summed E-state index contributed by atoms with van der Waals surface area (Å²) in [5, 5.41) is 2.80. The van der Waals surface area contributed by atoms with Gasteiger partial charge in [0.2, 0.25) is 0 Å². The highest BCUT2D eigenvalue weighted by Crippen LogP contribution is 2.24. The summed E-state index contributed by atoms with van der Waals surface area (Å²) in [6.45, 7) is 2.01. The lowest BCUT2D eigenvalue weighted by Gasteiger charge is -2.37. The number of hydrogen-bond donors (Lipinski definition) is 1. The second-order valence-electron chi connectivity index (χ2n) is 5.62. The van der Waals surface area contributed by atoms with Gasteiger partial charge >= 0.3 is 6.03 Å². The van der Waals surface area contributed by atoms with Crippen LogP contribution in [0.1, 0.15) is 24.8 Å². The topological polar surface area (TPSA) is 50.8 Å². The first-order valence-corrected chi connectivity index (χ1v) is 7.77. The van der Waals surface area contributed by atoms with Crippen molar-refractivity contribution in [1.82, 2.24) is 10.2 Å². The summed E-state index contributed by atoms with van der Waals surface area (Å²) in [5.41, 5.74) is 0.484. The molecule has 0 spiro atoms. The number of urea groups is 1. The molecular weight excluding hydrogens is 287 g/mol. The van der Waals surface area contributed by atoms with Gasteiger partial charge in [0.15, 0.2) is 6.29 Å². The van der Waals surface area contributed by atoms with Crippen LogP contribution in [0, 0.1) is 5.82 Å². The quantitative estimate of drug-likeness (QED) is 0.932. The third-order valence-electron chi connectivity index (χ3n) is 4.16. The Balaban J connectivity index is 1.61. The van der Waals surface area contributed by atoms with E-state index in [1.807, 2.05) is 0 Å². The molecule has 2 heterocycles. The Labute approximate surface area is 129 Å². The van der Waals surface area contributed by atoms with E-state index in [4.69, 9.17) is 9.47 Å². The zero-order chi connectivity index (χ0) is 15.4. The van der Waals surface area contributed by atoms with Crippen molar-refractivity contribution in [2.24, 2.45) is 0 Å². The van der Waals surface area contributed by atoms with Gasteiger partial charge in [-0.25, -0.2) is 9.18 Å². The maximum absolute atomic E-state index is 13.6. The second-order valence-corrected chi connectivity index (χ2v) is 5.62. The molecule has 0 unspecified atom stereocenters. The van der Waals surface area contributed by atoms with Crippen molar-refractivity contribution in [3.8, 4) is 0 Å². The van der Waals surface area contributed by atoms with Gasteiger partial charge in [-0.3, -0.25) is 0 Å². The van der Waals surface area contributed by atoms with Crippen molar-refractivity contribution in [1.29, 1.82) is 0 Å². The van der Waals surface area contributed by atoms with Gasteiger partial charge in [-0.15, -0.1) is 0 Å². The summed E-state index contributed by atoms with van der Waals surface area (Å²) < 4.78 is 24.7. The molecule has 5 nitrogen and oxygen atoms in total. The van der Waals surface area contributed by atoms with Crippen LogP contribution in [0.4, 0.5) is 9.18 Å². The fourth-order valence-electron chi connectivity index (χ4n) is 3.01. The van der Waals surface area contributed by atoms with Crippen LogP contribution < -0.4 is 5.32 Å². The fourth-order valence-corrected chi connectivity index (χ4v) is 3.01. The van der Waals surface area contributed by atoms with E-state index >= 15 is 0 Å². The summed E-state index contributed by atoms with van der Waals surface area (Å²) in [4.78, 5) is 14.2. The van der Waals surface area contributed by atoms with Crippen molar-refractivity contribution >= 4 is 6.03 Å². The number of ether oxygens (including phenoxy) is 2. The Hall–Kier alpha value is -1.66. The highest BCUT2D eigenvalue weighted by molar-refractivity contribution is 5.74. The molecule has 1 aromatic carbocycles. The van der Waals surface area contributed by atoms with Crippen molar-refractivity contribution in [2.75, 3.05) is 19.8 Å². The first kappa shape index (κ1) is 15.2. The number of nitrogens with zero attached hydrogens (tertiary/aromatic N) is 1. The molecule has 0 bridgehead atoms. The zero-order valence-corrected chi connectivity index (χ0v) is 12.5. The molecule has 1 aromatic rings. The largest absolute Gasteiger partial charge is 0.348 e. The summed E-state index contributed by atoms with van der Waals surface area (Å²) >= 11 is 0. The van der Waals surface area contributed by atoms with Crippen LogP contribution in [0.2, 0.25) is 0 Å². The zero-order valence-electron chi connectivity index (χ0n) is 12.5. The third-order valence-corrected chi connectivity index (χ3v) is 4.16. The van der Waals surface area contributed by atoms with E-state index in [0.29, 0.717) is 25.3 Å². The van der Waals surface area contributed by atoms with Crippen LogP contribution in [-0.4, -0.2) is 43.0 Å². The van der Waals surface area contributed by atoms with Gasteiger partial charge in [-0.1, -0.05) is 18.2 Å². The molecule has 0 saturated carbocycles. The molecule has 2 aliphatic heterocycles. The Morgan fingerprint density at radius 2 is 2.05 bits per heavy atom. The lowest BCUT2D eigenvalue weighted by molar-refractivity contribution is -0.0983. The van der Waals surface area contributed by atoms with E-state index in [1.54, 1.807) is 23.1 Å². The van der Waals surface area contributed by atoms with Gasteiger partial charge in [0, 0.05) is 18.7 Å². The van der Waals surface area contributed by atoms with Crippen LogP contribution in [-0.2, 0) is 16.0 Å². The van der Waals surface area contributed by atoms with Gasteiger partial charge in [-0.2, -0.15) is 0 Å². The Morgan fingerprint density at radius 3 is 2.82 bits per heavy atom. The molecule has 1 atom stereocenters. The van der Waals surface area contributed by atoms with Crippen LogP contribution in [0.25, 0.3) is 0 Å². The number of halogens is 1. The number of carbonyl (C=O) groups excluding carboxylic acids is 1. The lowest BCUT2D eigenvalue weighted by atomic mass is 10.0. The second kappa shape index (κ2) is 7.07. The highest BCUT2D eigenvalue weighted by atomic mass is 19.1. The normalized spacial score (nSPS) is 22.8. The maximum atomic E-state index is 13.6. The molecule has 0 aromatic heterocycles. The van der Waals surface area contributed by atoms with E-state index in [-0.39, 0.29) is 30.7 Å². The van der Waals surface area contributed by atoms with Crippen LogP contribution in [0.5, 0.6) is 0 Å². The maximum Gasteiger partial charge on any atom is 0.318 e. The number of benzene rings is 1. The molecule has 1 N–H and O–H groups in total. The smallest absolute Gasteiger partial charge is 0.318 e. The number of piperidine rings is 1. The van der Waals surface area contributed by atoms with Crippen LogP contribution in [0.15, 0.2) is 24.3 Å². The molecule has 2 aliphatic rings. The average Bonchev–Trinajstić information content (AvgIpc) is 3.08.